The van der Waals surface area contributed by atoms with Crippen LogP contribution in [0, 0.1) is 0 Å². The van der Waals surface area contributed by atoms with Gasteiger partial charge in [-0.1, -0.05) is 25.1 Å². The second kappa shape index (κ2) is 6.28. The van der Waals surface area contributed by atoms with Gasteiger partial charge in [-0.25, -0.2) is 10.4 Å². The van der Waals surface area contributed by atoms with E-state index in [1.54, 1.807) is 0 Å². The molecular formula is C16H22N4O. The van der Waals surface area contributed by atoms with Gasteiger partial charge in [0.05, 0.1) is 12.6 Å². The lowest BCUT2D eigenvalue weighted by Crippen LogP contribution is -2.36. The number of aromatic nitrogens is 2. The van der Waals surface area contributed by atoms with E-state index in [0.717, 1.165) is 31.0 Å². The van der Waals surface area contributed by atoms with E-state index in [-0.39, 0.29) is 12.0 Å². The summed E-state index contributed by atoms with van der Waals surface area (Å²) in [7, 11) is 0. The molecule has 0 bridgehead atoms. The van der Waals surface area contributed by atoms with Gasteiger partial charge >= 0.3 is 0 Å². The van der Waals surface area contributed by atoms with Crippen LogP contribution in [0.4, 0.5) is 0 Å². The molecule has 0 saturated heterocycles. The first-order valence-electron chi connectivity index (χ1n) is 7.54. The highest BCUT2D eigenvalue weighted by molar-refractivity contribution is 5.39. The maximum absolute atomic E-state index is 5.87. The number of rotatable bonds is 5. The third-order valence-electron chi connectivity index (χ3n) is 4.08. The lowest BCUT2D eigenvalue weighted by Gasteiger charge is -2.31. The minimum absolute atomic E-state index is 0.00315. The second-order valence-corrected chi connectivity index (χ2v) is 5.40. The second-order valence-electron chi connectivity index (χ2n) is 5.40. The zero-order valence-electron chi connectivity index (χ0n) is 12.3. The Kier molecular flexibility index (Phi) is 4.22. The van der Waals surface area contributed by atoms with Crippen LogP contribution in [-0.2, 0) is 6.54 Å². The number of benzene rings is 1. The van der Waals surface area contributed by atoms with Crippen molar-refractivity contribution >= 4 is 0 Å². The van der Waals surface area contributed by atoms with Crippen LogP contribution in [-0.4, -0.2) is 16.2 Å². The van der Waals surface area contributed by atoms with E-state index in [0.29, 0.717) is 6.61 Å². The van der Waals surface area contributed by atoms with Gasteiger partial charge < -0.3 is 9.30 Å². The number of ether oxygens (including phenoxy) is 1. The van der Waals surface area contributed by atoms with E-state index in [1.807, 2.05) is 30.6 Å². The highest BCUT2D eigenvalue weighted by Gasteiger charge is 2.31. The molecule has 5 nitrogen and oxygen atoms in total. The summed E-state index contributed by atoms with van der Waals surface area (Å²) < 4.78 is 7.93. The molecule has 2 aromatic rings. The zero-order valence-corrected chi connectivity index (χ0v) is 12.3. The summed E-state index contributed by atoms with van der Waals surface area (Å²) in [5.41, 5.74) is 4.18. The van der Waals surface area contributed by atoms with Gasteiger partial charge in [0.25, 0.3) is 0 Å². The first kappa shape index (κ1) is 14.1. The van der Waals surface area contributed by atoms with Gasteiger partial charge in [-0.15, -0.1) is 0 Å². The third-order valence-corrected chi connectivity index (χ3v) is 4.08. The Hall–Kier alpha value is -1.85. The molecule has 112 valence electrons. The van der Waals surface area contributed by atoms with E-state index in [9.17, 15) is 0 Å². The highest BCUT2D eigenvalue weighted by Crippen LogP contribution is 2.40. The number of para-hydroxylation sites is 1. The normalized spacial score (nSPS) is 18.9. The number of fused-ring (bicyclic) bond motifs is 1. The summed E-state index contributed by atoms with van der Waals surface area (Å²) in [4.78, 5) is 4.53. The number of hydrazine groups is 1. The van der Waals surface area contributed by atoms with Crippen LogP contribution in [0.25, 0.3) is 0 Å². The van der Waals surface area contributed by atoms with E-state index < -0.39 is 0 Å². The van der Waals surface area contributed by atoms with Crippen molar-refractivity contribution in [3.8, 4) is 5.75 Å². The van der Waals surface area contributed by atoms with E-state index in [2.05, 4.69) is 28.0 Å². The molecule has 0 amide bonds. The minimum Gasteiger partial charge on any atom is -0.493 e. The summed E-state index contributed by atoms with van der Waals surface area (Å²) in [6, 6.07) is 8.19. The molecule has 2 atom stereocenters. The molecule has 1 aromatic heterocycles. The lowest BCUT2D eigenvalue weighted by atomic mass is 9.86. The standard InChI is InChI=1S/C16H22N4O/c1-2-9-20-10-8-18-16(20)15(19-17)13-7-11-21-14-6-4-3-5-12(13)14/h3-6,8,10,13,15,19H,2,7,9,11,17H2,1H3. The molecule has 5 heteroatoms. The van der Waals surface area contributed by atoms with Crippen LogP contribution in [0.3, 0.4) is 0 Å². The number of nitrogens with two attached hydrogens (primary N) is 1. The van der Waals surface area contributed by atoms with Crippen molar-refractivity contribution < 1.29 is 4.74 Å². The van der Waals surface area contributed by atoms with Gasteiger partial charge in [0.15, 0.2) is 0 Å². The Morgan fingerprint density at radius 1 is 1.48 bits per heavy atom. The number of hydrogen-bond acceptors (Lipinski definition) is 4. The third kappa shape index (κ3) is 2.66. The van der Waals surface area contributed by atoms with Crippen LogP contribution in [0.1, 0.15) is 43.1 Å². The Morgan fingerprint density at radius 3 is 3.14 bits per heavy atom. The summed E-state index contributed by atoms with van der Waals surface area (Å²) in [6.07, 6.45) is 5.88. The maximum atomic E-state index is 5.87. The van der Waals surface area contributed by atoms with Gasteiger partial charge in [-0.05, 0) is 24.5 Å². The molecular weight excluding hydrogens is 264 g/mol. The molecule has 1 aromatic carbocycles. The molecule has 1 aliphatic heterocycles. The molecule has 0 fully saturated rings. The molecule has 2 heterocycles. The topological polar surface area (TPSA) is 65.1 Å². The molecule has 3 N–H and O–H groups in total. The van der Waals surface area contributed by atoms with Crippen LogP contribution in [0.2, 0.25) is 0 Å². The Bertz CT molecular complexity index is 595. The Balaban J connectivity index is 1.96. The summed E-state index contributed by atoms with van der Waals surface area (Å²) in [5.74, 6) is 8.11. The number of aryl methyl sites for hydroxylation is 1. The Labute approximate surface area is 125 Å². The van der Waals surface area contributed by atoms with Crippen molar-refractivity contribution in [2.75, 3.05) is 6.61 Å². The van der Waals surface area contributed by atoms with Crippen LogP contribution < -0.4 is 16.0 Å². The summed E-state index contributed by atoms with van der Waals surface area (Å²) in [5, 5.41) is 0. The minimum atomic E-state index is -0.00315. The quantitative estimate of drug-likeness (QED) is 0.654. The molecule has 0 spiro atoms. The van der Waals surface area contributed by atoms with Gasteiger partial charge in [-0.2, -0.15) is 0 Å². The predicted molar refractivity (Wildman–Crippen MR) is 81.9 cm³/mol. The van der Waals surface area contributed by atoms with Crippen molar-refractivity contribution in [3.05, 3.63) is 48.0 Å². The van der Waals surface area contributed by atoms with Gasteiger partial charge in [0.1, 0.15) is 11.6 Å². The monoisotopic (exact) mass is 286 g/mol. The number of nitrogens with one attached hydrogen (secondary N) is 1. The van der Waals surface area contributed by atoms with E-state index in [4.69, 9.17) is 10.6 Å². The lowest BCUT2D eigenvalue weighted by molar-refractivity contribution is 0.242. The van der Waals surface area contributed by atoms with Crippen molar-refractivity contribution in [1.82, 2.24) is 15.0 Å². The molecule has 0 radical (unpaired) electrons. The fourth-order valence-electron chi connectivity index (χ4n) is 3.12. The van der Waals surface area contributed by atoms with Crippen LogP contribution in [0.5, 0.6) is 5.75 Å². The number of hydrogen-bond donors (Lipinski definition) is 2. The van der Waals surface area contributed by atoms with Crippen molar-refractivity contribution in [2.24, 2.45) is 5.84 Å². The first-order chi connectivity index (χ1) is 10.3. The zero-order chi connectivity index (χ0) is 14.7. The average Bonchev–Trinajstić information content (AvgIpc) is 2.97. The average molecular weight is 286 g/mol. The fraction of sp³-hybridized carbons (Fsp3) is 0.438. The van der Waals surface area contributed by atoms with E-state index >= 15 is 0 Å². The summed E-state index contributed by atoms with van der Waals surface area (Å²) >= 11 is 0. The molecule has 0 saturated carbocycles. The molecule has 2 unspecified atom stereocenters. The van der Waals surface area contributed by atoms with Crippen molar-refractivity contribution in [2.45, 2.75) is 38.3 Å². The molecule has 3 rings (SSSR count). The fourth-order valence-corrected chi connectivity index (χ4v) is 3.12. The van der Waals surface area contributed by atoms with E-state index in [1.165, 1.54) is 5.56 Å². The predicted octanol–water partition coefficient (Wildman–Crippen LogP) is 2.36. The maximum Gasteiger partial charge on any atom is 0.127 e. The molecule has 21 heavy (non-hydrogen) atoms. The van der Waals surface area contributed by atoms with Crippen molar-refractivity contribution in [1.29, 1.82) is 0 Å². The largest absolute Gasteiger partial charge is 0.493 e. The number of imidazole rings is 1. The smallest absolute Gasteiger partial charge is 0.127 e. The first-order valence-corrected chi connectivity index (χ1v) is 7.54. The van der Waals surface area contributed by atoms with Gasteiger partial charge in [0.2, 0.25) is 0 Å². The molecule has 0 aliphatic carbocycles. The van der Waals surface area contributed by atoms with Crippen LogP contribution in [0.15, 0.2) is 36.7 Å². The molecule has 1 aliphatic rings. The highest BCUT2D eigenvalue weighted by atomic mass is 16.5. The summed E-state index contributed by atoms with van der Waals surface area (Å²) in [6.45, 7) is 3.84. The van der Waals surface area contributed by atoms with Gasteiger partial charge in [0, 0.05) is 24.9 Å². The number of nitrogens with zero attached hydrogens (tertiary/aromatic N) is 2. The van der Waals surface area contributed by atoms with Crippen molar-refractivity contribution in [3.63, 3.8) is 0 Å². The SMILES string of the molecule is CCCn1ccnc1C(NN)C1CCOc2ccccc21. The van der Waals surface area contributed by atoms with Gasteiger partial charge in [-0.3, -0.25) is 5.84 Å². The van der Waals surface area contributed by atoms with Crippen LogP contribution >= 0.6 is 0 Å². The Morgan fingerprint density at radius 2 is 2.33 bits per heavy atom.